The second-order valence-electron chi connectivity index (χ2n) is 7.93. The average molecular weight is 468 g/mol. The van der Waals surface area contributed by atoms with Gasteiger partial charge in [0.05, 0.1) is 5.56 Å². The summed E-state index contributed by atoms with van der Waals surface area (Å²) >= 11 is 1.29. The van der Waals surface area contributed by atoms with Crippen molar-refractivity contribution in [2.45, 2.75) is 25.8 Å². The zero-order valence-corrected chi connectivity index (χ0v) is 19.2. The minimum absolute atomic E-state index is 0.157. The SMILES string of the molecule is CCc1ccc(C(=O)Nc2sccc2C(=O)NC2CCN(c3cc(=O)n(C)c(=O)[nH]3)C2)cc1. The highest BCUT2D eigenvalue weighted by atomic mass is 32.1. The molecule has 2 amide bonds. The maximum Gasteiger partial charge on any atom is 0.329 e. The number of nitrogens with zero attached hydrogens (tertiary/aromatic N) is 2. The Hall–Kier alpha value is -3.66. The molecule has 1 aliphatic heterocycles. The number of nitrogens with one attached hydrogen (secondary N) is 3. The summed E-state index contributed by atoms with van der Waals surface area (Å²) in [6, 6.07) is 10.3. The first-order chi connectivity index (χ1) is 15.9. The molecule has 10 heteroatoms. The fourth-order valence-electron chi connectivity index (χ4n) is 3.73. The van der Waals surface area contributed by atoms with Crippen molar-refractivity contribution in [3.8, 4) is 0 Å². The van der Waals surface area contributed by atoms with Crippen molar-refractivity contribution in [3.63, 3.8) is 0 Å². The van der Waals surface area contributed by atoms with Crippen LogP contribution in [0.25, 0.3) is 0 Å². The number of carbonyl (C=O) groups excluding carboxylic acids is 2. The largest absolute Gasteiger partial charge is 0.356 e. The fourth-order valence-corrected chi connectivity index (χ4v) is 4.51. The van der Waals surface area contributed by atoms with Crippen molar-refractivity contribution >= 4 is 34.0 Å². The van der Waals surface area contributed by atoms with Crippen molar-refractivity contribution in [2.75, 3.05) is 23.3 Å². The van der Waals surface area contributed by atoms with Crippen LogP contribution in [0.4, 0.5) is 10.8 Å². The van der Waals surface area contributed by atoms with Crippen LogP contribution in [-0.2, 0) is 13.5 Å². The number of aromatic nitrogens is 2. The highest BCUT2D eigenvalue weighted by Crippen LogP contribution is 2.25. The highest BCUT2D eigenvalue weighted by Gasteiger charge is 2.26. The van der Waals surface area contributed by atoms with Gasteiger partial charge in [0.2, 0.25) is 0 Å². The number of H-pyrrole nitrogens is 1. The van der Waals surface area contributed by atoms with E-state index >= 15 is 0 Å². The summed E-state index contributed by atoms with van der Waals surface area (Å²) in [6.45, 7) is 3.11. The number of anilines is 2. The molecule has 1 atom stereocenters. The van der Waals surface area contributed by atoms with E-state index in [4.69, 9.17) is 0 Å². The molecule has 1 aliphatic rings. The Morgan fingerprint density at radius 1 is 1.15 bits per heavy atom. The van der Waals surface area contributed by atoms with Crippen LogP contribution >= 0.6 is 11.3 Å². The number of hydrogen-bond donors (Lipinski definition) is 3. The Labute approximate surface area is 194 Å². The van der Waals surface area contributed by atoms with E-state index in [2.05, 4.69) is 22.5 Å². The van der Waals surface area contributed by atoms with E-state index in [1.54, 1.807) is 23.6 Å². The molecule has 1 aromatic carbocycles. The molecule has 1 unspecified atom stereocenters. The summed E-state index contributed by atoms with van der Waals surface area (Å²) in [5, 5.41) is 8.07. The van der Waals surface area contributed by atoms with Gasteiger partial charge in [-0.05, 0) is 42.0 Å². The summed E-state index contributed by atoms with van der Waals surface area (Å²) in [7, 11) is 1.41. The fraction of sp³-hybridized carbons (Fsp3) is 0.304. The van der Waals surface area contributed by atoms with Crippen molar-refractivity contribution < 1.29 is 9.59 Å². The van der Waals surface area contributed by atoms with Gasteiger partial charge in [-0.25, -0.2) is 4.79 Å². The van der Waals surface area contributed by atoms with Crippen LogP contribution in [0.2, 0.25) is 0 Å². The summed E-state index contributed by atoms with van der Waals surface area (Å²) < 4.78 is 1.00. The minimum atomic E-state index is -0.479. The Morgan fingerprint density at radius 2 is 1.91 bits per heavy atom. The van der Waals surface area contributed by atoms with Gasteiger partial charge in [0.25, 0.3) is 17.4 Å². The molecular weight excluding hydrogens is 442 g/mol. The molecule has 1 fully saturated rings. The zero-order valence-electron chi connectivity index (χ0n) is 18.4. The molecular formula is C23H25N5O4S. The van der Waals surface area contributed by atoms with Gasteiger partial charge in [-0.3, -0.25) is 23.9 Å². The smallest absolute Gasteiger partial charge is 0.329 e. The topological polar surface area (TPSA) is 116 Å². The monoisotopic (exact) mass is 467 g/mol. The Kier molecular flexibility index (Phi) is 6.45. The molecule has 1 saturated heterocycles. The van der Waals surface area contributed by atoms with E-state index < -0.39 is 5.69 Å². The minimum Gasteiger partial charge on any atom is -0.356 e. The Balaban J connectivity index is 1.40. The molecule has 0 radical (unpaired) electrons. The van der Waals surface area contributed by atoms with Gasteiger partial charge in [0.15, 0.2) is 0 Å². The lowest BCUT2D eigenvalue weighted by molar-refractivity contribution is 0.0941. The summed E-state index contributed by atoms with van der Waals surface area (Å²) in [6.07, 6.45) is 1.56. The standard InChI is InChI=1S/C23H25N5O4S/c1-3-14-4-6-15(7-5-14)20(30)26-22-17(9-11-33-22)21(31)24-16-8-10-28(13-16)18-12-19(29)27(2)23(32)25-18/h4-7,9,11-12,16H,3,8,10,13H2,1-2H3,(H,24,31)(H,25,32)(H,26,30). The third-order valence-electron chi connectivity index (χ3n) is 5.76. The number of carbonyl (C=O) groups is 2. The van der Waals surface area contributed by atoms with Gasteiger partial charge in [-0.2, -0.15) is 0 Å². The molecule has 3 aromatic rings. The third-order valence-corrected chi connectivity index (χ3v) is 6.59. The van der Waals surface area contributed by atoms with Crippen molar-refractivity contribution in [1.82, 2.24) is 14.9 Å². The van der Waals surface area contributed by atoms with E-state index in [1.807, 2.05) is 17.0 Å². The van der Waals surface area contributed by atoms with Crippen molar-refractivity contribution in [3.05, 3.63) is 79.3 Å². The van der Waals surface area contributed by atoms with Crippen LogP contribution in [0.1, 0.15) is 39.6 Å². The quantitative estimate of drug-likeness (QED) is 0.513. The lowest BCUT2D eigenvalue weighted by Gasteiger charge is -2.18. The molecule has 0 spiro atoms. The Morgan fingerprint density at radius 3 is 2.61 bits per heavy atom. The van der Waals surface area contributed by atoms with E-state index in [9.17, 15) is 19.2 Å². The second-order valence-corrected chi connectivity index (χ2v) is 8.85. The van der Waals surface area contributed by atoms with E-state index in [-0.39, 0.29) is 23.4 Å². The van der Waals surface area contributed by atoms with Gasteiger partial charge in [0, 0.05) is 37.8 Å². The number of amides is 2. The lowest BCUT2D eigenvalue weighted by Crippen LogP contribution is -2.39. The number of thiophene rings is 1. The van der Waals surface area contributed by atoms with Crippen LogP contribution in [-0.4, -0.2) is 40.5 Å². The number of hydrogen-bond acceptors (Lipinski definition) is 6. The molecule has 0 aliphatic carbocycles. The van der Waals surface area contributed by atoms with E-state index in [1.165, 1.54) is 24.5 Å². The van der Waals surface area contributed by atoms with Gasteiger partial charge in [0.1, 0.15) is 10.8 Å². The summed E-state index contributed by atoms with van der Waals surface area (Å²) in [5.41, 5.74) is 1.21. The van der Waals surface area contributed by atoms with Crippen LogP contribution in [0.5, 0.6) is 0 Å². The number of aromatic amines is 1. The highest BCUT2D eigenvalue weighted by molar-refractivity contribution is 7.14. The van der Waals surface area contributed by atoms with Crippen molar-refractivity contribution in [2.24, 2.45) is 7.05 Å². The second kappa shape index (κ2) is 9.45. The van der Waals surface area contributed by atoms with Gasteiger partial charge < -0.3 is 15.5 Å². The zero-order chi connectivity index (χ0) is 23.5. The van der Waals surface area contributed by atoms with Crippen LogP contribution in [0.15, 0.2) is 51.4 Å². The van der Waals surface area contributed by atoms with Gasteiger partial charge in [-0.1, -0.05) is 19.1 Å². The van der Waals surface area contributed by atoms with E-state index in [0.29, 0.717) is 41.5 Å². The molecule has 9 nitrogen and oxygen atoms in total. The number of aryl methyl sites for hydroxylation is 1. The van der Waals surface area contributed by atoms with Gasteiger partial charge in [-0.15, -0.1) is 11.3 Å². The molecule has 4 rings (SSSR count). The lowest BCUT2D eigenvalue weighted by atomic mass is 10.1. The molecule has 33 heavy (non-hydrogen) atoms. The van der Waals surface area contributed by atoms with Gasteiger partial charge >= 0.3 is 5.69 Å². The molecule has 3 heterocycles. The van der Waals surface area contributed by atoms with Crippen LogP contribution in [0, 0.1) is 0 Å². The summed E-state index contributed by atoms with van der Waals surface area (Å²) in [4.78, 5) is 53.8. The number of benzene rings is 1. The molecule has 0 bridgehead atoms. The average Bonchev–Trinajstić information content (AvgIpc) is 3.47. The van der Waals surface area contributed by atoms with E-state index in [0.717, 1.165) is 16.6 Å². The predicted molar refractivity (Wildman–Crippen MR) is 128 cm³/mol. The van der Waals surface area contributed by atoms with Crippen LogP contribution < -0.4 is 26.8 Å². The molecule has 2 aromatic heterocycles. The first kappa shape index (κ1) is 22.5. The number of rotatable bonds is 6. The molecule has 3 N–H and O–H groups in total. The Bertz CT molecular complexity index is 1260. The molecule has 0 saturated carbocycles. The first-order valence-corrected chi connectivity index (χ1v) is 11.6. The first-order valence-electron chi connectivity index (χ1n) is 10.7. The van der Waals surface area contributed by atoms with Crippen LogP contribution in [0.3, 0.4) is 0 Å². The third kappa shape index (κ3) is 4.90. The normalized spacial score (nSPS) is 15.5. The predicted octanol–water partition coefficient (Wildman–Crippen LogP) is 1.96. The van der Waals surface area contributed by atoms with Crippen molar-refractivity contribution in [1.29, 1.82) is 0 Å². The maximum absolute atomic E-state index is 12.9. The summed E-state index contributed by atoms with van der Waals surface area (Å²) in [5.74, 6) is -0.106. The molecule has 172 valence electrons. The maximum atomic E-state index is 12.9.